The van der Waals surface area contributed by atoms with Crippen molar-refractivity contribution in [2.45, 2.75) is 6.42 Å². The van der Waals surface area contributed by atoms with Gasteiger partial charge in [-0.15, -0.1) is 0 Å². The number of anilines is 3. The number of aromatic nitrogens is 4. The number of aliphatic hydroxyl groups is 1. The second-order valence-corrected chi connectivity index (χ2v) is 8.63. The zero-order chi connectivity index (χ0) is 20.8. The third-order valence-electron chi connectivity index (χ3n) is 4.88. The second kappa shape index (κ2) is 9.77. The molecule has 0 spiro atoms. The van der Waals surface area contributed by atoms with E-state index in [1.807, 2.05) is 18.2 Å². The summed E-state index contributed by atoms with van der Waals surface area (Å²) in [5.41, 5.74) is 2.53. The monoisotopic (exact) mass is 427 g/mol. The Bertz CT molecular complexity index is 1010. The Morgan fingerprint density at radius 3 is 2.57 bits per heavy atom. The molecule has 0 unspecified atom stereocenters. The zero-order valence-corrected chi connectivity index (χ0v) is 17.4. The van der Waals surface area contributed by atoms with Crippen LogP contribution in [0.1, 0.15) is 5.56 Å². The normalized spacial score (nSPS) is 14.8. The maximum Gasteiger partial charge on any atom is 0.225 e. The minimum Gasteiger partial charge on any atom is -0.395 e. The van der Waals surface area contributed by atoms with Gasteiger partial charge in [0.25, 0.3) is 0 Å². The standard InChI is InChI=1S/C20H25N7O2S/c28-11-8-22-20-25-16-17(19(26-20)27-9-12-30(29)13-10-27)23-14-24-18(16)21-7-6-15-4-2-1-3-5-15/h1-5,14,28H,6-13H2,(H,21,23,24)(H,22,25,26). The van der Waals surface area contributed by atoms with Gasteiger partial charge in [0, 0.05) is 48.5 Å². The van der Waals surface area contributed by atoms with Gasteiger partial charge in [-0.05, 0) is 12.0 Å². The third kappa shape index (κ3) is 4.82. The van der Waals surface area contributed by atoms with Crippen molar-refractivity contribution >= 4 is 39.4 Å². The van der Waals surface area contributed by atoms with Crippen LogP contribution in [0.3, 0.4) is 0 Å². The summed E-state index contributed by atoms with van der Waals surface area (Å²) in [5, 5.41) is 15.6. The predicted octanol–water partition coefficient (Wildman–Crippen LogP) is 1.05. The van der Waals surface area contributed by atoms with Crippen LogP contribution in [-0.2, 0) is 17.2 Å². The molecule has 3 aromatic rings. The number of fused-ring (bicyclic) bond motifs is 1. The van der Waals surface area contributed by atoms with Crippen LogP contribution in [0.4, 0.5) is 17.6 Å². The summed E-state index contributed by atoms with van der Waals surface area (Å²) in [6.45, 7) is 2.34. The highest BCUT2D eigenvalue weighted by molar-refractivity contribution is 7.85. The van der Waals surface area contributed by atoms with Crippen LogP contribution in [0.25, 0.3) is 11.0 Å². The topological polar surface area (TPSA) is 116 Å². The van der Waals surface area contributed by atoms with Crippen LogP contribution in [0.2, 0.25) is 0 Å². The third-order valence-corrected chi connectivity index (χ3v) is 6.16. The van der Waals surface area contributed by atoms with Gasteiger partial charge in [0.1, 0.15) is 17.4 Å². The molecule has 3 heterocycles. The van der Waals surface area contributed by atoms with Gasteiger partial charge >= 0.3 is 0 Å². The maximum atomic E-state index is 11.8. The molecule has 158 valence electrons. The molecule has 1 aromatic carbocycles. The largest absolute Gasteiger partial charge is 0.395 e. The molecule has 0 atom stereocenters. The molecule has 1 fully saturated rings. The van der Waals surface area contributed by atoms with E-state index in [-0.39, 0.29) is 6.61 Å². The van der Waals surface area contributed by atoms with E-state index in [2.05, 4.69) is 47.6 Å². The lowest BCUT2D eigenvalue weighted by Crippen LogP contribution is -2.38. The van der Waals surface area contributed by atoms with E-state index in [9.17, 15) is 4.21 Å². The molecule has 0 bridgehead atoms. The van der Waals surface area contributed by atoms with Crippen molar-refractivity contribution in [3.63, 3.8) is 0 Å². The Morgan fingerprint density at radius 1 is 1.00 bits per heavy atom. The van der Waals surface area contributed by atoms with Gasteiger partial charge in [-0.2, -0.15) is 4.98 Å². The van der Waals surface area contributed by atoms with E-state index >= 15 is 0 Å². The van der Waals surface area contributed by atoms with Crippen LogP contribution in [0, 0.1) is 0 Å². The Labute approximate surface area is 177 Å². The van der Waals surface area contributed by atoms with Crippen LogP contribution < -0.4 is 15.5 Å². The molecular weight excluding hydrogens is 402 g/mol. The van der Waals surface area contributed by atoms with E-state index in [0.717, 1.165) is 6.42 Å². The average molecular weight is 428 g/mol. The molecule has 2 aromatic heterocycles. The maximum absolute atomic E-state index is 11.8. The van der Waals surface area contributed by atoms with Crippen molar-refractivity contribution < 1.29 is 9.32 Å². The van der Waals surface area contributed by atoms with Crippen LogP contribution in [-0.4, -0.2) is 73.5 Å². The number of nitrogens with one attached hydrogen (secondary N) is 2. The Kier molecular flexibility index (Phi) is 6.65. The number of aliphatic hydroxyl groups excluding tert-OH is 1. The summed E-state index contributed by atoms with van der Waals surface area (Å²) in [6.07, 6.45) is 2.38. The molecule has 0 saturated carbocycles. The molecular formula is C20H25N7O2S. The lowest BCUT2D eigenvalue weighted by Gasteiger charge is -2.28. The summed E-state index contributed by atoms with van der Waals surface area (Å²) in [5.74, 6) is 2.98. The van der Waals surface area contributed by atoms with E-state index in [1.54, 1.807) is 0 Å². The number of rotatable bonds is 8. The lowest BCUT2D eigenvalue weighted by molar-refractivity contribution is 0.311. The molecule has 4 rings (SSSR count). The molecule has 3 N–H and O–H groups in total. The Hall–Kier alpha value is -2.85. The molecule has 1 aliphatic heterocycles. The average Bonchev–Trinajstić information content (AvgIpc) is 2.79. The molecule has 9 nitrogen and oxygen atoms in total. The van der Waals surface area contributed by atoms with Gasteiger partial charge in [0.2, 0.25) is 5.95 Å². The summed E-state index contributed by atoms with van der Waals surface area (Å²) >= 11 is 0. The molecule has 30 heavy (non-hydrogen) atoms. The van der Waals surface area contributed by atoms with E-state index in [1.165, 1.54) is 11.9 Å². The molecule has 0 amide bonds. The van der Waals surface area contributed by atoms with Crippen molar-refractivity contribution in [1.29, 1.82) is 0 Å². The first-order valence-electron chi connectivity index (χ1n) is 10.00. The van der Waals surface area contributed by atoms with Gasteiger partial charge in [0.15, 0.2) is 11.6 Å². The van der Waals surface area contributed by atoms with Crippen molar-refractivity contribution in [3.05, 3.63) is 42.2 Å². The van der Waals surface area contributed by atoms with Crippen LogP contribution >= 0.6 is 0 Å². The van der Waals surface area contributed by atoms with Gasteiger partial charge in [-0.1, -0.05) is 30.3 Å². The molecule has 10 heteroatoms. The van der Waals surface area contributed by atoms with Crippen molar-refractivity contribution in [2.24, 2.45) is 0 Å². The predicted molar refractivity (Wildman–Crippen MR) is 119 cm³/mol. The first kappa shape index (κ1) is 20.4. The fraction of sp³-hybridized carbons (Fsp3) is 0.400. The number of hydrogen-bond acceptors (Lipinski definition) is 9. The number of nitrogens with zero attached hydrogens (tertiary/aromatic N) is 5. The van der Waals surface area contributed by atoms with Gasteiger partial charge in [-0.3, -0.25) is 4.21 Å². The van der Waals surface area contributed by atoms with Gasteiger partial charge in [0.05, 0.1) is 6.61 Å². The molecule has 1 saturated heterocycles. The quantitative estimate of drug-likeness (QED) is 0.485. The van der Waals surface area contributed by atoms with E-state index in [4.69, 9.17) is 5.11 Å². The second-order valence-electron chi connectivity index (χ2n) is 6.94. The summed E-state index contributed by atoms with van der Waals surface area (Å²) < 4.78 is 11.8. The molecule has 1 aliphatic rings. The summed E-state index contributed by atoms with van der Waals surface area (Å²) in [7, 11) is -0.784. The highest BCUT2D eigenvalue weighted by atomic mass is 32.2. The first-order valence-corrected chi connectivity index (χ1v) is 11.5. The highest BCUT2D eigenvalue weighted by Gasteiger charge is 2.22. The smallest absolute Gasteiger partial charge is 0.225 e. The Morgan fingerprint density at radius 2 is 1.80 bits per heavy atom. The van der Waals surface area contributed by atoms with E-state index < -0.39 is 10.8 Å². The van der Waals surface area contributed by atoms with Crippen LogP contribution in [0.15, 0.2) is 36.7 Å². The fourth-order valence-electron chi connectivity index (χ4n) is 3.35. The Balaban J connectivity index is 1.63. The zero-order valence-electron chi connectivity index (χ0n) is 16.6. The fourth-order valence-corrected chi connectivity index (χ4v) is 4.40. The molecule has 0 aliphatic carbocycles. The minimum atomic E-state index is -0.784. The van der Waals surface area contributed by atoms with Crippen molar-refractivity contribution in [3.8, 4) is 0 Å². The van der Waals surface area contributed by atoms with E-state index in [0.29, 0.717) is 66.3 Å². The lowest BCUT2D eigenvalue weighted by atomic mass is 10.1. The highest BCUT2D eigenvalue weighted by Crippen LogP contribution is 2.28. The van der Waals surface area contributed by atoms with Gasteiger partial charge in [-0.25, -0.2) is 15.0 Å². The van der Waals surface area contributed by atoms with Crippen molar-refractivity contribution in [2.75, 3.05) is 59.8 Å². The number of benzene rings is 1. The van der Waals surface area contributed by atoms with Gasteiger partial charge < -0.3 is 20.6 Å². The first-order chi connectivity index (χ1) is 14.7. The summed E-state index contributed by atoms with van der Waals surface area (Å²) in [6, 6.07) is 10.2. The SMILES string of the molecule is O=S1CCN(c2nc(NCCO)nc3c(NCCc4ccccc4)ncnc23)CC1. The number of hydrogen-bond donors (Lipinski definition) is 3. The summed E-state index contributed by atoms with van der Waals surface area (Å²) in [4.78, 5) is 20.2. The van der Waals surface area contributed by atoms with Crippen molar-refractivity contribution in [1.82, 2.24) is 19.9 Å². The molecule has 0 radical (unpaired) electrons. The van der Waals surface area contributed by atoms with Crippen LogP contribution in [0.5, 0.6) is 0 Å². The minimum absolute atomic E-state index is 0.0209.